The first-order valence-corrected chi connectivity index (χ1v) is 15.1. The Balaban J connectivity index is 3.83. The third-order valence-electron chi connectivity index (χ3n) is 6.94. The van der Waals surface area contributed by atoms with Gasteiger partial charge in [-0.2, -0.15) is 0 Å². The third kappa shape index (κ3) is 24.5. The molecule has 0 heterocycles. The number of nitrogens with two attached hydrogens (primary N) is 1. The van der Waals surface area contributed by atoms with E-state index in [9.17, 15) is 9.59 Å². The molecule has 0 rings (SSSR count). The molecule has 0 amide bonds. The zero-order chi connectivity index (χ0) is 26.9. The predicted octanol–water partition coefficient (Wildman–Crippen LogP) is 7.33. The first kappa shape index (κ1) is 34.9. The van der Waals surface area contributed by atoms with Gasteiger partial charge in [-0.15, -0.1) is 0 Å². The van der Waals surface area contributed by atoms with Gasteiger partial charge in [-0.3, -0.25) is 9.59 Å². The van der Waals surface area contributed by atoms with Crippen LogP contribution in [0.15, 0.2) is 0 Å². The van der Waals surface area contributed by atoms with Crippen LogP contribution in [0.2, 0.25) is 0 Å². The van der Waals surface area contributed by atoms with Crippen LogP contribution in [0.3, 0.4) is 0 Å². The number of nitrogens with zero attached hydrogens (tertiary/aromatic N) is 1. The molecule has 0 fully saturated rings. The molecular weight excluding hydrogens is 452 g/mol. The van der Waals surface area contributed by atoms with Crippen molar-refractivity contribution in [3.63, 3.8) is 0 Å². The van der Waals surface area contributed by atoms with Crippen LogP contribution in [-0.2, 0) is 14.3 Å². The highest BCUT2D eigenvalue weighted by Gasteiger charge is 2.19. The molecule has 0 bridgehead atoms. The fourth-order valence-corrected chi connectivity index (χ4v) is 4.53. The fourth-order valence-electron chi connectivity index (χ4n) is 4.53. The smallest absolute Gasteiger partial charge is 0.305 e. The number of ether oxygens (including phenoxy) is 1. The fraction of sp³-hybridized carbons (Fsp3) is 0.933. The van der Waals surface area contributed by atoms with Crippen molar-refractivity contribution >= 4 is 11.9 Å². The van der Waals surface area contributed by atoms with Gasteiger partial charge in [0.25, 0.3) is 0 Å². The van der Waals surface area contributed by atoms with E-state index in [1.807, 2.05) is 0 Å². The molecule has 0 atom stereocenters. The Labute approximate surface area is 223 Å². The van der Waals surface area contributed by atoms with Crippen molar-refractivity contribution in [1.82, 2.24) is 4.90 Å². The first-order valence-electron chi connectivity index (χ1n) is 15.1. The highest BCUT2D eigenvalue weighted by atomic mass is 16.5. The van der Waals surface area contributed by atoms with Crippen molar-refractivity contribution < 1.29 is 19.4 Å². The SMILES string of the molecule is CCCCCCCCCOC(=O)CCCCCCCN(CCCCCCCC(=O)O)CC(C)(C)CN. The Morgan fingerprint density at radius 1 is 0.722 bits per heavy atom. The van der Waals surface area contributed by atoms with E-state index >= 15 is 0 Å². The van der Waals surface area contributed by atoms with Crippen LogP contribution in [0, 0.1) is 5.41 Å². The molecule has 214 valence electrons. The maximum Gasteiger partial charge on any atom is 0.305 e. The number of unbranched alkanes of at least 4 members (excludes halogenated alkanes) is 14. The highest BCUT2D eigenvalue weighted by molar-refractivity contribution is 5.69. The summed E-state index contributed by atoms with van der Waals surface area (Å²) in [5.74, 6) is -0.719. The lowest BCUT2D eigenvalue weighted by atomic mass is 9.92. The van der Waals surface area contributed by atoms with Crippen molar-refractivity contribution in [3.8, 4) is 0 Å². The number of carboxylic acid groups (broad SMARTS) is 1. The van der Waals surface area contributed by atoms with Crippen LogP contribution in [0.4, 0.5) is 0 Å². The monoisotopic (exact) mass is 512 g/mol. The van der Waals surface area contributed by atoms with Gasteiger partial charge in [-0.25, -0.2) is 0 Å². The molecule has 0 saturated carbocycles. The summed E-state index contributed by atoms with van der Waals surface area (Å²) in [5, 5.41) is 8.73. The van der Waals surface area contributed by atoms with E-state index in [-0.39, 0.29) is 17.8 Å². The van der Waals surface area contributed by atoms with E-state index in [2.05, 4.69) is 25.7 Å². The van der Waals surface area contributed by atoms with Crippen molar-refractivity contribution in [3.05, 3.63) is 0 Å². The van der Waals surface area contributed by atoms with Gasteiger partial charge in [0.05, 0.1) is 6.61 Å². The number of aliphatic carboxylic acids is 1. The summed E-state index contributed by atoms with van der Waals surface area (Å²) in [6.45, 7) is 11.2. The minimum absolute atomic E-state index is 0.0286. The molecule has 0 aromatic carbocycles. The molecule has 0 aromatic rings. The summed E-state index contributed by atoms with van der Waals surface area (Å²) in [6, 6.07) is 0. The van der Waals surface area contributed by atoms with Gasteiger partial charge >= 0.3 is 11.9 Å². The third-order valence-corrected chi connectivity index (χ3v) is 6.94. The zero-order valence-corrected chi connectivity index (χ0v) is 24.2. The predicted molar refractivity (Wildman–Crippen MR) is 151 cm³/mol. The largest absolute Gasteiger partial charge is 0.481 e. The topological polar surface area (TPSA) is 92.9 Å². The van der Waals surface area contributed by atoms with Gasteiger partial charge in [0.2, 0.25) is 0 Å². The first-order chi connectivity index (χ1) is 17.3. The van der Waals surface area contributed by atoms with E-state index in [0.717, 1.165) is 71.0 Å². The van der Waals surface area contributed by atoms with E-state index in [0.29, 0.717) is 19.6 Å². The Hall–Kier alpha value is -1.14. The summed E-state index contributed by atoms with van der Waals surface area (Å²) in [6.07, 6.45) is 20.3. The van der Waals surface area contributed by atoms with Gasteiger partial charge in [-0.1, -0.05) is 97.8 Å². The summed E-state index contributed by atoms with van der Waals surface area (Å²) < 4.78 is 5.38. The molecule has 0 radical (unpaired) electrons. The van der Waals surface area contributed by atoms with Crippen molar-refractivity contribution in [2.45, 2.75) is 143 Å². The second-order valence-corrected chi connectivity index (χ2v) is 11.4. The lowest BCUT2D eigenvalue weighted by Crippen LogP contribution is -2.39. The van der Waals surface area contributed by atoms with Crippen molar-refractivity contribution in [1.29, 1.82) is 0 Å². The number of carbonyl (C=O) groups excluding carboxylic acids is 1. The standard InChI is InChI=1S/C30H60N2O4/c1-4-5-6-7-8-15-20-25-36-29(35)22-17-12-10-14-19-24-32(27-30(2,3)26-31)23-18-13-9-11-16-21-28(33)34/h4-27,31H2,1-3H3,(H,33,34). The molecule has 36 heavy (non-hydrogen) atoms. The number of carboxylic acids is 1. The summed E-state index contributed by atoms with van der Waals surface area (Å²) in [4.78, 5) is 25.1. The van der Waals surface area contributed by atoms with Crippen molar-refractivity contribution in [2.75, 3.05) is 32.8 Å². The van der Waals surface area contributed by atoms with Crippen LogP contribution >= 0.6 is 0 Å². The molecule has 3 N–H and O–H groups in total. The Morgan fingerprint density at radius 2 is 1.19 bits per heavy atom. The summed E-state index contributed by atoms with van der Waals surface area (Å²) in [7, 11) is 0. The van der Waals surface area contributed by atoms with E-state index in [1.165, 1.54) is 57.8 Å². The van der Waals surface area contributed by atoms with Crippen LogP contribution in [0.5, 0.6) is 0 Å². The van der Waals surface area contributed by atoms with Gasteiger partial charge in [0.1, 0.15) is 0 Å². The lowest BCUT2D eigenvalue weighted by Gasteiger charge is -2.32. The maximum absolute atomic E-state index is 11.9. The molecule has 6 heteroatoms. The van der Waals surface area contributed by atoms with Gasteiger partial charge < -0.3 is 20.5 Å². The van der Waals surface area contributed by atoms with Gasteiger partial charge in [0.15, 0.2) is 0 Å². The molecule has 0 aromatic heterocycles. The Morgan fingerprint density at radius 3 is 1.72 bits per heavy atom. The zero-order valence-electron chi connectivity index (χ0n) is 24.2. The second kappa shape index (κ2) is 24.2. The Bertz CT molecular complexity index is 525. The Kier molecular flexibility index (Phi) is 23.4. The van der Waals surface area contributed by atoms with Crippen LogP contribution in [-0.4, -0.2) is 54.7 Å². The van der Waals surface area contributed by atoms with E-state index in [1.54, 1.807) is 0 Å². The maximum atomic E-state index is 11.9. The van der Waals surface area contributed by atoms with Gasteiger partial charge in [0, 0.05) is 19.4 Å². The van der Waals surface area contributed by atoms with Crippen LogP contribution in [0.25, 0.3) is 0 Å². The molecular formula is C30H60N2O4. The van der Waals surface area contributed by atoms with Crippen LogP contribution < -0.4 is 5.73 Å². The van der Waals surface area contributed by atoms with Gasteiger partial charge in [-0.05, 0) is 57.2 Å². The summed E-state index contributed by atoms with van der Waals surface area (Å²) >= 11 is 0. The number of rotatable bonds is 27. The van der Waals surface area contributed by atoms with Crippen molar-refractivity contribution in [2.24, 2.45) is 11.1 Å². The molecule has 0 spiro atoms. The molecule has 0 aliphatic heterocycles. The minimum Gasteiger partial charge on any atom is -0.481 e. The summed E-state index contributed by atoms with van der Waals surface area (Å²) in [5.41, 5.74) is 6.10. The van der Waals surface area contributed by atoms with Crippen LogP contribution in [0.1, 0.15) is 143 Å². The lowest BCUT2D eigenvalue weighted by molar-refractivity contribution is -0.144. The molecule has 0 aliphatic rings. The normalized spacial score (nSPS) is 11.8. The van der Waals surface area contributed by atoms with E-state index < -0.39 is 5.97 Å². The number of hydrogen-bond donors (Lipinski definition) is 2. The number of carbonyl (C=O) groups is 2. The molecule has 6 nitrogen and oxygen atoms in total. The number of hydrogen-bond acceptors (Lipinski definition) is 5. The molecule has 0 unspecified atom stereocenters. The highest BCUT2D eigenvalue weighted by Crippen LogP contribution is 2.17. The quantitative estimate of drug-likeness (QED) is 0.0884. The minimum atomic E-state index is -0.691. The average Bonchev–Trinajstić information content (AvgIpc) is 2.83. The van der Waals surface area contributed by atoms with E-state index in [4.69, 9.17) is 15.6 Å². The molecule has 0 aliphatic carbocycles. The second-order valence-electron chi connectivity index (χ2n) is 11.4. The average molecular weight is 513 g/mol. The molecule has 0 saturated heterocycles. The number of esters is 1.